The monoisotopic (exact) mass is 273 g/mol. The quantitative estimate of drug-likeness (QED) is 0.817. The Morgan fingerprint density at radius 3 is 2.44 bits per heavy atom. The van der Waals surface area contributed by atoms with Crippen LogP contribution in [-0.2, 0) is 10.0 Å². The highest BCUT2D eigenvalue weighted by atomic mass is 32.2. The highest BCUT2D eigenvalue weighted by Crippen LogP contribution is 2.10. The van der Waals surface area contributed by atoms with Crippen molar-refractivity contribution in [1.82, 2.24) is 9.97 Å². The normalized spacial score (nSPS) is 11.6. The second-order valence-corrected chi connectivity index (χ2v) is 6.12. The van der Waals surface area contributed by atoms with E-state index in [2.05, 4.69) is 14.7 Å². The Bertz CT molecular complexity index is 457. The van der Waals surface area contributed by atoms with Crippen molar-refractivity contribution in [3.8, 4) is 5.75 Å². The van der Waals surface area contributed by atoms with Gasteiger partial charge in [-0.2, -0.15) is 0 Å². The number of ether oxygens (including phenoxy) is 1. The molecule has 6 nitrogen and oxygen atoms in total. The lowest BCUT2D eigenvalue weighted by molar-refractivity contribution is 0.337. The Balaban J connectivity index is 2.61. The molecule has 1 aromatic heterocycles. The van der Waals surface area contributed by atoms with E-state index in [1.807, 2.05) is 20.8 Å². The maximum absolute atomic E-state index is 11.7. The number of nitrogens with zero attached hydrogens (tertiary/aromatic N) is 2. The number of nitrogens with one attached hydrogen (secondary N) is 1. The molecule has 0 atom stereocenters. The van der Waals surface area contributed by atoms with Crippen molar-refractivity contribution in [3.63, 3.8) is 0 Å². The number of sulfonamides is 1. The molecule has 0 saturated heterocycles. The van der Waals surface area contributed by atoms with Gasteiger partial charge in [-0.15, -0.1) is 0 Å². The zero-order valence-corrected chi connectivity index (χ0v) is 11.7. The van der Waals surface area contributed by atoms with E-state index in [0.29, 0.717) is 24.7 Å². The summed E-state index contributed by atoms with van der Waals surface area (Å²) in [5, 5.41) is 0. The topological polar surface area (TPSA) is 81.2 Å². The average molecular weight is 273 g/mol. The SMILES string of the molecule is CCOc1cnc(NS(=O)(=O)CCC(C)C)nc1. The predicted molar refractivity (Wildman–Crippen MR) is 70.1 cm³/mol. The van der Waals surface area contributed by atoms with E-state index in [1.165, 1.54) is 12.4 Å². The van der Waals surface area contributed by atoms with Crippen LogP contribution >= 0.6 is 0 Å². The first-order valence-corrected chi connectivity index (χ1v) is 7.53. The van der Waals surface area contributed by atoms with Crippen LogP contribution in [-0.4, -0.2) is 30.7 Å². The van der Waals surface area contributed by atoms with Crippen molar-refractivity contribution in [2.45, 2.75) is 27.2 Å². The summed E-state index contributed by atoms with van der Waals surface area (Å²) in [4.78, 5) is 7.77. The van der Waals surface area contributed by atoms with Gasteiger partial charge in [0.05, 0.1) is 24.8 Å². The van der Waals surface area contributed by atoms with Gasteiger partial charge in [-0.1, -0.05) is 13.8 Å². The third-order valence-corrected chi connectivity index (χ3v) is 3.42. The maximum Gasteiger partial charge on any atom is 0.236 e. The summed E-state index contributed by atoms with van der Waals surface area (Å²) >= 11 is 0. The molecule has 0 radical (unpaired) electrons. The van der Waals surface area contributed by atoms with Crippen molar-refractivity contribution in [2.75, 3.05) is 17.1 Å². The lowest BCUT2D eigenvalue weighted by Gasteiger charge is -2.08. The molecule has 0 bridgehead atoms. The Kier molecular flexibility index (Phi) is 5.33. The van der Waals surface area contributed by atoms with Gasteiger partial charge in [0.25, 0.3) is 0 Å². The van der Waals surface area contributed by atoms with Gasteiger partial charge < -0.3 is 4.74 Å². The summed E-state index contributed by atoms with van der Waals surface area (Å²) in [5.41, 5.74) is 0. The van der Waals surface area contributed by atoms with Crippen LogP contribution in [0, 0.1) is 5.92 Å². The highest BCUT2D eigenvalue weighted by Gasteiger charge is 2.12. The van der Waals surface area contributed by atoms with E-state index in [-0.39, 0.29) is 11.7 Å². The first-order chi connectivity index (χ1) is 8.43. The summed E-state index contributed by atoms with van der Waals surface area (Å²) in [6.45, 7) is 6.32. The van der Waals surface area contributed by atoms with Crippen LogP contribution in [0.1, 0.15) is 27.2 Å². The van der Waals surface area contributed by atoms with Crippen molar-refractivity contribution >= 4 is 16.0 Å². The van der Waals surface area contributed by atoms with Gasteiger partial charge in [-0.3, -0.25) is 4.72 Å². The zero-order valence-electron chi connectivity index (χ0n) is 10.9. The fraction of sp³-hybridized carbons (Fsp3) is 0.636. The molecule has 0 spiro atoms. The minimum atomic E-state index is -3.37. The van der Waals surface area contributed by atoms with Crippen LogP contribution in [0.5, 0.6) is 5.75 Å². The molecule has 1 rings (SSSR count). The van der Waals surface area contributed by atoms with E-state index in [9.17, 15) is 8.42 Å². The smallest absolute Gasteiger partial charge is 0.236 e. The molecule has 18 heavy (non-hydrogen) atoms. The van der Waals surface area contributed by atoms with Gasteiger partial charge in [0.1, 0.15) is 0 Å². The molecule has 0 aliphatic carbocycles. The van der Waals surface area contributed by atoms with Crippen LogP contribution in [0.2, 0.25) is 0 Å². The highest BCUT2D eigenvalue weighted by molar-refractivity contribution is 7.92. The third kappa shape index (κ3) is 5.31. The molecule has 0 saturated carbocycles. The minimum Gasteiger partial charge on any atom is -0.491 e. The molecule has 0 aliphatic heterocycles. The molecule has 0 aromatic carbocycles. The molecular formula is C11H19N3O3S. The van der Waals surface area contributed by atoms with Gasteiger partial charge in [0.15, 0.2) is 5.75 Å². The molecule has 0 aliphatic rings. The Labute approximate surface area is 108 Å². The number of anilines is 1. The number of hydrogen-bond donors (Lipinski definition) is 1. The largest absolute Gasteiger partial charge is 0.491 e. The van der Waals surface area contributed by atoms with Crippen molar-refractivity contribution in [3.05, 3.63) is 12.4 Å². The van der Waals surface area contributed by atoms with E-state index in [1.54, 1.807) is 0 Å². The summed E-state index contributed by atoms with van der Waals surface area (Å²) < 4.78 is 30.9. The first kappa shape index (κ1) is 14.7. The fourth-order valence-corrected chi connectivity index (χ4v) is 2.46. The van der Waals surface area contributed by atoms with Crippen LogP contribution in [0.3, 0.4) is 0 Å². The molecule has 0 fully saturated rings. The van der Waals surface area contributed by atoms with E-state index >= 15 is 0 Å². The lowest BCUT2D eigenvalue weighted by atomic mass is 10.2. The van der Waals surface area contributed by atoms with Crippen molar-refractivity contribution < 1.29 is 13.2 Å². The van der Waals surface area contributed by atoms with E-state index in [4.69, 9.17) is 4.74 Å². The van der Waals surface area contributed by atoms with Gasteiger partial charge in [-0.25, -0.2) is 18.4 Å². The standard InChI is InChI=1S/C11H19N3O3S/c1-4-17-10-7-12-11(13-8-10)14-18(15,16)6-5-9(2)3/h7-9H,4-6H2,1-3H3,(H,12,13,14). The van der Waals surface area contributed by atoms with Crippen LogP contribution in [0.25, 0.3) is 0 Å². The van der Waals surface area contributed by atoms with Gasteiger partial charge in [0.2, 0.25) is 16.0 Å². The van der Waals surface area contributed by atoms with Crippen LogP contribution in [0.4, 0.5) is 5.95 Å². The summed E-state index contributed by atoms with van der Waals surface area (Å²) in [5.74, 6) is 0.994. The molecule has 0 amide bonds. The Hall–Kier alpha value is -1.37. The molecule has 1 heterocycles. The second kappa shape index (κ2) is 6.53. The van der Waals surface area contributed by atoms with Crippen LogP contribution < -0.4 is 9.46 Å². The Morgan fingerprint density at radius 2 is 1.94 bits per heavy atom. The van der Waals surface area contributed by atoms with Gasteiger partial charge >= 0.3 is 0 Å². The molecule has 7 heteroatoms. The predicted octanol–water partition coefficient (Wildman–Crippen LogP) is 1.66. The number of rotatable bonds is 7. The maximum atomic E-state index is 11.7. The summed E-state index contributed by atoms with van der Waals surface area (Å²) in [7, 11) is -3.37. The average Bonchev–Trinajstić information content (AvgIpc) is 2.29. The van der Waals surface area contributed by atoms with Gasteiger partial charge in [0, 0.05) is 0 Å². The summed E-state index contributed by atoms with van der Waals surface area (Å²) in [6, 6.07) is 0. The minimum absolute atomic E-state index is 0.0707. The van der Waals surface area contributed by atoms with Gasteiger partial charge in [-0.05, 0) is 19.3 Å². The fourth-order valence-electron chi connectivity index (χ4n) is 1.19. The first-order valence-electron chi connectivity index (χ1n) is 5.88. The van der Waals surface area contributed by atoms with Crippen molar-refractivity contribution in [2.24, 2.45) is 5.92 Å². The summed E-state index contributed by atoms with van der Waals surface area (Å²) in [6.07, 6.45) is 3.49. The molecular weight excluding hydrogens is 254 g/mol. The molecule has 1 N–H and O–H groups in total. The molecule has 1 aromatic rings. The second-order valence-electron chi connectivity index (χ2n) is 4.28. The van der Waals surface area contributed by atoms with E-state index in [0.717, 1.165) is 0 Å². The Morgan fingerprint density at radius 1 is 1.33 bits per heavy atom. The van der Waals surface area contributed by atoms with Crippen LogP contribution in [0.15, 0.2) is 12.4 Å². The van der Waals surface area contributed by atoms with Crippen molar-refractivity contribution in [1.29, 1.82) is 0 Å². The lowest BCUT2D eigenvalue weighted by Crippen LogP contribution is -2.19. The third-order valence-electron chi connectivity index (χ3n) is 2.15. The molecule has 0 unspecified atom stereocenters. The zero-order chi connectivity index (χ0) is 13.6. The number of hydrogen-bond acceptors (Lipinski definition) is 5. The molecule has 102 valence electrons. The number of aromatic nitrogens is 2. The van der Waals surface area contributed by atoms with E-state index < -0.39 is 10.0 Å².